The predicted octanol–water partition coefficient (Wildman–Crippen LogP) is 0.880. The zero-order chi connectivity index (χ0) is 24.6. The van der Waals surface area contributed by atoms with Crippen molar-refractivity contribution in [3.05, 3.63) is 59.7 Å². The lowest BCUT2D eigenvalue weighted by Crippen LogP contribution is -2.31. The molecule has 0 aliphatic rings. The molecule has 0 aliphatic heterocycles. The maximum Gasteiger partial charge on any atom is 0.338 e. The summed E-state index contributed by atoms with van der Waals surface area (Å²) in [4.78, 5) is 24.2. The van der Waals surface area contributed by atoms with Crippen molar-refractivity contribution < 1.29 is 31.2 Å². The number of carbonyl (C=O) groups excluding carboxylic acids is 2. The number of primary sulfonamides is 1. The Labute approximate surface area is 193 Å². The molecule has 2 aromatic carbocycles. The van der Waals surface area contributed by atoms with Gasteiger partial charge in [-0.15, -0.1) is 0 Å². The highest BCUT2D eigenvalue weighted by atomic mass is 32.2. The van der Waals surface area contributed by atoms with Crippen LogP contribution in [0.25, 0.3) is 0 Å². The number of hydrogen-bond acceptors (Lipinski definition) is 7. The van der Waals surface area contributed by atoms with Gasteiger partial charge >= 0.3 is 5.97 Å². The van der Waals surface area contributed by atoms with Gasteiger partial charge in [-0.25, -0.2) is 26.8 Å². The van der Waals surface area contributed by atoms with Gasteiger partial charge in [-0.2, -0.15) is 4.31 Å². The van der Waals surface area contributed by atoms with Crippen LogP contribution in [-0.4, -0.2) is 59.3 Å². The first-order valence-electron chi connectivity index (χ1n) is 10.1. The molecule has 0 aliphatic carbocycles. The van der Waals surface area contributed by atoms with Gasteiger partial charge in [-0.05, 0) is 42.3 Å². The lowest BCUT2D eigenvalue weighted by Gasteiger charge is -2.18. The first-order chi connectivity index (χ1) is 15.5. The molecule has 33 heavy (non-hydrogen) atoms. The quantitative estimate of drug-likeness (QED) is 0.437. The van der Waals surface area contributed by atoms with E-state index in [1.807, 2.05) is 0 Å². The first-order valence-corrected chi connectivity index (χ1v) is 13.1. The zero-order valence-corrected chi connectivity index (χ0v) is 20.0. The lowest BCUT2D eigenvalue weighted by molar-refractivity contribution is -0.124. The van der Waals surface area contributed by atoms with Crippen molar-refractivity contribution in [2.75, 3.05) is 26.2 Å². The molecule has 10 nitrogen and oxygen atoms in total. The highest BCUT2D eigenvalue weighted by Gasteiger charge is 2.23. The fraction of sp³-hybridized carbons (Fsp3) is 0.333. The van der Waals surface area contributed by atoms with Crippen molar-refractivity contribution in [1.29, 1.82) is 0 Å². The molecule has 2 rings (SSSR count). The minimum Gasteiger partial charge on any atom is -0.452 e. The van der Waals surface area contributed by atoms with Gasteiger partial charge in [0.05, 0.1) is 15.4 Å². The molecule has 0 saturated carbocycles. The third-order valence-corrected chi connectivity index (χ3v) is 7.71. The Morgan fingerprint density at radius 3 is 2.18 bits per heavy atom. The van der Waals surface area contributed by atoms with Crippen LogP contribution in [0.2, 0.25) is 0 Å². The molecule has 0 spiro atoms. The molecule has 3 N–H and O–H groups in total. The molecule has 0 bridgehead atoms. The molecule has 0 saturated heterocycles. The van der Waals surface area contributed by atoms with E-state index in [4.69, 9.17) is 9.88 Å². The Morgan fingerprint density at radius 2 is 1.61 bits per heavy atom. The van der Waals surface area contributed by atoms with E-state index >= 15 is 0 Å². The number of hydrogen-bond donors (Lipinski definition) is 2. The van der Waals surface area contributed by atoms with Crippen molar-refractivity contribution in [2.45, 2.75) is 30.1 Å². The molecule has 2 aromatic rings. The maximum atomic E-state index is 12.6. The summed E-state index contributed by atoms with van der Waals surface area (Å²) < 4.78 is 54.0. The number of nitrogens with one attached hydrogen (secondary N) is 1. The topological polar surface area (TPSA) is 153 Å². The second kappa shape index (κ2) is 11.4. The van der Waals surface area contributed by atoms with Gasteiger partial charge in [0.25, 0.3) is 5.91 Å². The van der Waals surface area contributed by atoms with Crippen LogP contribution in [0.15, 0.2) is 58.3 Å². The molecule has 180 valence electrons. The van der Waals surface area contributed by atoms with E-state index in [9.17, 15) is 26.4 Å². The minimum atomic E-state index is -3.76. The third-order valence-electron chi connectivity index (χ3n) is 4.74. The van der Waals surface area contributed by atoms with Gasteiger partial charge in [-0.1, -0.05) is 32.0 Å². The van der Waals surface area contributed by atoms with Gasteiger partial charge in [0.15, 0.2) is 6.61 Å². The fourth-order valence-electron chi connectivity index (χ4n) is 2.95. The lowest BCUT2D eigenvalue weighted by atomic mass is 10.1. The molecule has 0 heterocycles. The minimum absolute atomic E-state index is 0.00355. The number of benzene rings is 2. The number of rotatable bonds is 11. The summed E-state index contributed by atoms with van der Waals surface area (Å²) >= 11 is 0. The van der Waals surface area contributed by atoms with Crippen molar-refractivity contribution in [2.24, 2.45) is 5.14 Å². The van der Waals surface area contributed by atoms with E-state index in [0.29, 0.717) is 19.5 Å². The van der Waals surface area contributed by atoms with Crippen LogP contribution in [-0.2, 0) is 36.0 Å². The SMILES string of the molecule is CCN(CC)S(=O)(=O)c1cccc(C(=O)OCC(=O)NCCc2ccc(S(N)(=O)=O)cc2)c1. The summed E-state index contributed by atoms with van der Waals surface area (Å²) in [6, 6.07) is 11.4. The number of sulfonamides is 2. The van der Waals surface area contributed by atoms with Gasteiger partial charge in [0.1, 0.15) is 0 Å². The Hall–Kier alpha value is -2.80. The number of amides is 1. The van der Waals surface area contributed by atoms with Crippen LogP contribution in [0.4, 0.5) is 0 Å². The smallest absolute Gasteiger partial charge is 0.338 e. The number of ether oxygens (including phenoxy) is 1. The highest BCUT2D eigenvalue weighted by molar-refractivity contribution is 7.89. The molecule has 12 heteroatoms. The van der Waals surface area contributed by atoms with E-state index in [0.717, 1.165) is 5.56 Å². The summed E-state index contributed by atoms with van der Waals surface area (Å²) in [5, 5.41) is 7.63. The number of nitrogens with zero attached hydrogens (tertiary/aromatic N) is 1. The number of nitrogens with two attached hydrogens (primary N) is 1. The zero-order valence-electron chi connectivity index (χ0n) is 18.4. The molecule has 0 aromatic heterocycles. The van der Waals surface area contributed by atoms with Gasteiger partial charge in [0.2, 0.25) is 20.0 Å². The second-order valence-electron chi connectivity index (χ2n) is 6.98. The van der Waals surface area contributed by atoms with E-state index in [2.05, 4.69) is 5.32 Å². The van der Waals surface area contributed by atoms with Gasteiger partial charge < -0.3 is 10.1 Å². The molecule has 0 atom stereocenters. The van der Waals surface area contributed by atoms with Crippen molar-refractivity contribution in [3.63, 3.8) is 0 Å². The van der Waals surface area contributed by atoms with Crippen molar-refractivity contribution >= 4 is 31.9 Å². The van der Waals surface area contributed by atoms with E-state index in [1.54, 1.807) is 26.0 Å². The monoisotopic (exact) mass is 497 g/mol. The van der Waals surface area contributed by atoms with Crippen molar-refractivity contribution in [1.82, 2.24) is 9.62 Å². The van der Waals surface area contributed by atoms with E-state index < -0.39 is 38.5 Å². The molecular weight excluding hydrogens is 470 g/mol. The Balaban J connectivity index is 1.87. The van der Waals surface area contributed by atoms with E-state index in [1.165, 1.54) is 40.7 Å². The normalized spacial score (nSPS) is 11.9. The average molecular weight is 498 g/mol. The van der Waals surface area contributed by atoms with Crippen LogP contribution < -0.4 is 10.5 Å². The fourth-order valence-corrected chi connectivity index (χ4v) is 4.97. The van der Waals surface area contributed by atoms with Crippen LogP contribution in [0.3, 0.4) is 0 Å². The summed E-state index contributed by atoms with van der Waals surface area (Å²) in [5.41, 5.74) is 0.803. The van der Waals surface area contributed by atoms with Gasteiger partial charge in [0, 0.05) is 19.6 Å². The average Bonchev–Trinajstić information content (AvgIpc) is 2.78. The summed E-state index contributed by atoms with van der Waals surface area (Å²) in [6.45, 7) is 3.74. The van der Waals surface area contributed by atoms with Crippen LogP contribution >= 0.6 is 0 Å². The Bertz CT molecular complexity index is 1190. The maximum absolute atomic E-state index is 12.6. The van der Waals surface area contributed by atoms with E-state index in [-0.39, 0.29) is 21.9 Å². The summed E-state index contributed by atoms with van der Waals surface area (Å²) in [6.07, 6.45) is 0.426. The van der Waals surface area contributed by atoms with Crippen LogP contribution in [0.5, 0.6) is 0 Å². The molecular formula is C21H27N3O7S2. The van der Waals surface area contributed by atoms with Crippen LogP contribution in [0.1, 0.15) is 29.8 Å². The largest absolute Gasteiger partial charge is 0.452 e. The first kappa shape index (κ1) is 26.5. The predicted molar refractivity (Wildman–Crippen MR) is 121 cm³/mol. The van der Waals surface area contributed by atoms with Gasteiger partial charge in [-0.3, -0.25) is 4.79 Å². The Kier molecular flexibility index (Phi) is 9.11. The second-order valence-corrected chi connectivity index (χ2v) is 10.5. The van der Waals surface area contributed by atoms with Crippen LogP contribution in [0, 0.1) is 0 Å². The molecule has 0 radical (unpaired) electrons. The number of carbonyl (C=O) groups is 2. The summed E-state index contributed by atoms with van der Waals surface area (Å²) in [7, 11) is -7.50. The summed E-state index contributed by atoms with van der Waals surface area (Å²) in [5.74, 6) is -1.35. The Morgan fingerprint density at radius 1 is 0.970 bits per heavy atom. The number of esters is 1. The molecule has 0 unspecified atom stereocenters. The third kappa shape index (κ3) is 7.35. The standard InChI is InChI=1S/C21H27N3O7S2/c1-3-24(4-2)33(29,30)19-7-5-6-17(14-19)21(26)31-15-20(25)23-13-12-16-8-10-18(11-9-16)32(22,27)28/h5-11,14H,3-4,12-13,15H2,1-2H3,(H,23,25)(H2,22,27,28). The molecule has 0 fully saturated rings. The molecule has 1 amide bonds. The van der Waals surface area contributed by atoms with Crippen molar-refractivity contribution in [3.8, 4) is 0 Å². The highest BCUT2D eigenvalue weighted by Crippen LogP contribution is 2.17.